The summed E-state index contributed by atoms with van der Waals surface area (Å²) in [4.78, 5) is 0. The highest BCUT2D eigenvalue weighted by atomic mass is 13.4. The SMILES string of the molecule is C=CC.C=CC.C=CC.C=CC.CC.CC.CC.CC.CCC.CCC.CCC.CCC.CCC.CCC. The van der Waals surface area contributed by atoms with Gasteiger partial charge in [0.05, 0.1) is 0 Å². The summed E-state index contributed by atoms with van der Waals surface area (Å²) in [5.41, 5.74) is 0. The molecule has 0 bridgehead atoms. The van der Waals surface area contributed by atoms with E-state index in [0.717, 1.165) is 0 Å². The monoisotopic (exact) mass is 553 g/mol. The molecule has 0 amide bonds. The van der Waals surface area contributed by atoms with Gasteiger partial charge in [-0.05, 0) is 27.7 Å². The molecule has 0 heterocycles. The number of rotatable bonds is 0. The van der Waals surface area contributed by atoms with Gasteiger partial charge >= 0.3 is 0 Å². The molecule has 0 saturated carbocycles. The quantitative estimate of drug-likeness (QED) is 0.262. The lowest BCUT2D eigenvalue weighted by Crippen LogP contribution is -1.27. The third kappa shape index (κ3) is 37300. The minimum absolute atomic E-state index is 1.25. The maximum absolute atomic E-state index is 3.36. The van der Waals surface area contributed by atoms with Crippen molar-refractivity contribution in [1.82, 2.24) is 0 Å². The Morgan fingerprint density at radius 3 is 0.263 bits per heavy atom. The largest absolute Gasteiger partial charge is 0.103 e. The Morgan fingerprint density at radius 2 is 0.263 bits per heavy atom. The van der Waals surface area contributed by atoms with E-state index in [1.165, 1.54) is 38.5 Å². The smallest absolute Gasteiger partial charge is 0.0473 e. The van der Waals surface area contributed by atoms with E-state index in [-0.39, 0.29) is 0 Å². The Morgan fingerprint density at radius 1 is 0.263 bits per heavy atom. The Balaban J connectivity index is -0.0000000137. The molecule has 0 spiro atoms. The van der Waals surface area contributed by atoms with Gasteiger partial charge in [0.2, 0.25) is 0 Å². The average molecular weight is 553 g/mol. The predicted octanol–water partition coefficient (Wildman–Crippen LogP) is 17.4. The molecule has 0 aliphatic rings. The third-order valence-corrected chi connectivity index (χ3v) is 0. The first-order valence-electron chi connectivity index (χ1n) is 16.4. The maximum atomic E-state index is 3.36. The molecule has 0 aliphatic carbocycles. The number of hydrogen-bond donors (Lipinski definition) is 0. The van der Waals surface area contributed by atoms with Gasteiger partial charge in [0.15, 0.2) is 0 Å². The summed E-state index contributed by atoms with van der Waals surface area (Å²) in [6.07, 6.45) is 14.5. The van der Waals surface area contributed by atoms with Gasteiger partial charge in [-0.1, -0.05) is 201 Å². The minimum atomic E-state index is 1.25. The third-order valence-electron chi connectivity index (χ3n) is 0. The first kappa shape index (κ1) is 90.7. The lowest BCUT2D eigenvalue weighted by Gasteiger charge is -1.48. The molecule has 0 nitrogen and oxygen atoms in total. The van der Waals surface area contributed by atoms with E-state index in [2.05, 4.69) is 109 Å². The number of allylic oxidation sites excluding steroid dienone is 4. The zero-order valence-corrected chi connectivity index (χ0v) is 33.4. The van der Waals surface area contributed by atoms with Crippen LogP contribution in [0.1, 0.15) is 205 Å². The van der Waals surface area contributed by atoms with Crippen LogP contribution < -0.4 is 0 Å². The van der Waals surface area contributed by atoms with Gasteiger partial charge in [-0.25, -0.2) is 0 Å². The van der Waals surface area contributed by atoms with Crippen LogP contribution in [0.25, 0.3) is 0 Å². The topological polar surface area (TPSA) is 0 Å². The fourth-order valence-corrected chi connectivity index (χ4v) is 0. The van der Waals surface area contributed by atoms with E-state index in [1.54, 1.807) is 24.3 Å². The van der Waals surface area contributed by atoms with Crippen molar-refractivity contribution in [3.8, 4) is 0 Å². The fraction of sp³-hybridized carbons (Fsp3) is 0.789. The summed E-state index contributed by atoms with van der Waals surface area (Å²) in [5.74, 6) is 0. The molecule has 0 aromatic heterocycles. The molecule has 248 valence electrons. The molecular formula is C38H96. The first-order chi connectivity index (χ1) is 18.1. The van der Waals surface area contributed by atoms with E-state index in [9.17, 15) is 0 Å². The van der Waals surface area contributed by atoms with Crippen LogP contribution in [-0.2, 0) is 0 Å². The summed E-state index contributed by atoms with van der Waals surface area (Å²) < 4.78 is 0. The molecular weight excluding hydrogens is 456 g/mol. The van der Waals surface area contributed by atoms with Gasteiger partial charge in [0.1, 0.15) is 0 Å². The second-order valence-corrected chi connectivity index (χ2v) is 5.88. The van der Waals surface area contributed by atoms with Crippen LogP contribution in [0.4, 0.5) is 0 Å². The lowest BCUT2D eigenvalue weighted by atomic mass is 10.6. The van der Waals surface area contributed by atoms with E-state index >= 15 is 0 Å². The standard InChI is InChI=1S/6C3H8.4C3H6.4C2H6/c10*1-3-2;4*1-2/h6*3H2,1-2H3;4*3H,1H2,2H3;4*1-2H3. The molecule has 0 aromatic rings. The molecule has 0 saturated heterocycles. The van der Waals surface area contributed by atoms with Crippen LogP contribution in [-0.4, -0.2) is 0 Å². The Hall–Kier alpha value is -1.04. The van der Waals surface area contributed by atoms with Crippen LogP contribution in [0.5, 0.6) is 0 Å². The first-order valence-corrected chi connectivity index (χ1v) is 16.4. The molecule has 0 unspecified atom stereocenters. The van der Waals surface area contributed by atoms with Crippen LogP contribution in [0.3, 0.4) is 0 Å². The molecule has 0 radical (unpaired) electrons. The van der Waals surface area contributed by atoms with Crippen LogP contribution in [0.2, 0.25) is 0 Å². The van der Waals surface area contributed by atoms with Gasteiger partial charge in [-0.3, -0.25) is 0 Å². The van der Waals surface area contributed by atoms with E-state index in [4.69, 9.17) is 0 Å². The van der Waals surface area contributed by atoms with Gasteiger partial charge in [0, 0.05) is 0 Å². The highest BCUT2D eigenvalue weighted by Gasteiger charge is 1.37. The van der Waals surface area contributed by atoms with Crippen molar-refractivity contribution in [3.63, 3.8) is 0 Å². The van der Waals surface area contributed by atoms with Crippen molar-refractivity contribution < 1.29 is 0 Å². The Labute approximate surface area is 255 Å². The van der Waals surface area contributed by atoms with Crippen LogP contribution in [0, 0.1) is 0 Å². The van der Waals surface area contributed by atoms with E-state index in [0.29, 0.717) is 0 Å². The van der Waals surface area contributed by atoms with Crippen molar-refractivity contribution in [2.45, 2.75) is 205 Å². The molecule has 0 heteroatoms. The minimum Gasteiger partial charge on any atom is -0.103 e. The Bertz CT molecular complexity index is 103. The fourth-order valence-electron chi connectivity index (χ4n) is 0. The summed E-state index contributed by atoms with van der Waals surface area (Å²) in [6.45, 7) is 62.5. The molecule has 0 aromatic carbocycles. The van der Waals surface area contributed by atoms with Crippen molar-refractivity contribution in [1.29, 1.82) is 0 Å². The zero-order valence-electron chi connectivity index (χ0n) is 33.4. The molecule has 0 aliphatic heterocycles. The summed E-state index contributed by atoms with van der Waals surface area (Å²) >= 11 is 0. The predicted molar refractivity (Wildman–Crippen MR) is 205 cm³/mol. The lowest BCUT2D eigenvalue weighted by molar-refractivity contribution is 1.09. The van der Waals surface area contributed by atoms with Crippen LogP contribution >= 0.6 is 0 Å². The zero-order chi connectivity index (χ0) is 35.1. The second kappa shape index (κ2) is 547. The summed E-state index contributed by atoms with van der Waals surface area (Å²) in [7, 11) is 0. The molecule has 38 heavy (non-hydrogen) atoms. The molecule has 0 rings (SSSR count). The summed E-state index contributed by atoms with van der Waals surface area (Å²) in [6, 6.07) is 0. The highest BCUT2D eigenvalue weighted by Crippen LogP contribution is 1.57. The van der Waals surface area contributed by atoms with Gasteiger partial charge < -0.3 is 0 Å². The van der Waals surface area contributed by atoms with Gasteiger partial charge in [-0.15, -0.1) is 26.3 Å². The van der Waals surface area contributed by atoms with Gasteiger partial charge in [-0.2, -0.15) is 0 Å². The molecule has 0 fully saturated rings. The number of hydrogen-bond acceptors (Lipinski definition) is 0. The van der Waals surface area contributed by atoms with Crippen molar-refractivity contribution >= 4 is 0 Å². The van der Waals surface area contributed by atoms with Gasteiger partial charge in [0.25, 0.3) is 0 Å². The maximum Gasteiger partial charge on any atom is -0.0473 e. The Kier molecular flexibility index (Phi) is 1310. The summed E-state index contributed by atoms with van der Waals surface area (Å²) in [5, 5.41) is 0. The van der Waals surface area contributed by atoms with Crippen LogP contribution in [0.15, 0.2) is 50.6 Å². The average Bonchev–Trinajstić information content (AvgIpc) is 2.89. The van der Waals surface area contributed by atoms with E-state index in [1.807, 2.05) is 83.1 Å². The van der Waals surface area contributed by atoms with Crippen molar-refractivity contribution in [3.05, 3.63) is 50.6 Å². The second-order valence-electron chi connectivity index (χ2n) is 5.88. The highest BCUT2D eigenvalue weighted by molar-refractivity contribution is 4.52. The van der Waals surface area contributed by atoms with Crippen molar-refractivity contribution in [2.24, 2.45) is 0 Å². The van der Waals surface area contributed by atoms with Crippen molar-refractivity contribution in [2.75, 3.05) is 0 Å². The normalized spacial score (nSPS) is 4.84. The molecule has 0 N–H and O–H groups in total. The van der Waals surface area contributed by atoms with E-state index < -0.39 is 0 Å². The molecule has 0 atom stereocenters.